The Labute approximate surface area is 159 Å². The molecule has 0 saturated carbocycles. The van der Waals surface area contributed by atoms with E-state index in [9.17, 15) is 4.79 Å². The molecule has 0 aliphatic carbocycles. The van der Waals surface area contributed by atoms with E-state index in [0.29, 0.717) is 34.8 Å². The molecular formula is C20H16N4O4. The number of guanidine groups is 1. The van der Waals surface area contributed by atoms with Crippen LogP contribution in [-0.4, -0.2) is 18.5 Å². The monoisotopic (exact) mass is 376 g/mol. The van der Waals surface area contributed by atoms with Crippen LogP contribution in [0, 0.1) is 0 Å². The van der Waals surface area contributed by atoms with Crippen LogP contribution in [0.4, 0.5) is 0 Å². The molecule has 3 heterocycles. The van der Waals surface area contributed by atoms with Crippen LogP contribution in [0.1, 0.15) is 23.6 Å². The maximum atomic E-state index is 12.5. The Morgan fingerprint density at radius 3 is 2.86 bits per heavy atom. The van der Waals surface area contributed by atoms with Gasteiger partial charge in [0.25, 0.3) is 0 Å². The minimum Gasteiger partial charge on any atom is -0.454 e. The molecule has 1 atom stereocenters. The van der Waals surface area contributed by atoms with Crippen molar-refractivity contribution in [3.63, 3.8) is 0 Å². The summed E-state index contributed by atoms with van der Waals surface area (Å²) in [6.07, 6.45) is 0.371. The molecule has 1 unspecified atom stereocenters. The summed E-state index contributed by atoms with van der Waals surface area (Å²) < 4.78 is 16.3. The van der Waals surface area contributed by atoms with E-state index in [2.05, 4.69) is 15.5 Å². The Bertz CT molecular complexity index is 1200. The number of rotatable bonds is 2. The molecule has 0 radical (unpaired) electrons. The van der Waals surface area contributed by atoms with Crippen LogP contribution >= 0.6 is 0 Å². The molecule has 5 rings (SSSR count). The Morgan fingerprint density at radius 2 is 1.93 bits per heavy atom. The van der Waals surface area contributed by atoms with Crippen molar-refractivity contribution in [3.05, 3.63) is 70.1 Å². The third kappa shape index (κ3) is 2.84. The predicted octanol–water partition coefficient (Wildman–Crippen LogP) is 2.28. The highest BCUT2D eigenvalue weighted by molar-refractivity contribution is 6.03. The van der Waals surface area contributed by atoms with E-state index in [1.165, 1.54) is 0 Å². The van der Waals surface area contributed by atoms with E-state index in [0.717, 1.165) is 10.9 Å². The summed E-state index contributed by atoms with van der Waals surface area (Å²) >= 11 is 0. The van der Waals surface area contributed by atoms with Gasteiger partial charge in [0, 0.05) is 11.8 Å². The normalized spacial score (nSPS) is 18.2. The van der Waals surface area contributed by atoms with E-state index in [-0.39, 0.29) is 18.8 Å². The zero-order chi connectivity index (χ0) is 19.1. The average molecular weight is 376 g/mol. The van der Waals surface area contributed by atoms with Crippen molar-refractivity contribution in [1.82, 2.24) is 5.43 Å². The molecule has 1 aromatic heterocycles. The second-order valence-electron chi connectivity index (χ2n) is 6.50. The van der Waals surface area contributed by atoms with Gasteiger partial charge in [-0.1, -0.05) is 24.3 Å². The Morgan fingerprint density at radius 1 is 1.07 bits per heavy atom. The number of nitrogens with two attached hydrogens (primary N) is 1. The quantitative estimate of drug-likeness (QED) is 0.664. The van der Waals surface area contributed by atoms with Gasteiger partial charge in [-0.3, -0.25) is 0 Å². The van der Waals surface area contributed by atoms with Crippen LogP contribution in [0.5, 0.6) is 11.5 Å². The van der Waals surface area contributed by atoms with Gasteiger partial charge in [0.15, 0.2) is 11.5 Å². The molecule has 0 bridgehead atoms. The van der Waals surface area contributed by atoms with Crippen LogP contribution in [0.2, 0.25) is 0 Å². The average Bonchev–Trinajstić information content (AvgIpc) is 3.09. The smallest absolute Gasteiger partial charge is 0.345 e. The molecular weight excluding hydrogens is 360 g/mol. The van der Waals surface area contributed by atoms with Crippen molar-refractivity contribution < 1.29 is 13.9 Å². The molecule has 3 N–H and O–H groups in total. The fourth-order valence-electron chi connectivity index (χ4n) is 3.34. The zero-order valence-electron chi connectivity index (χ0n) is 14.7. The van der Waals surface area contributed by atoms with Gasteiger partial charge in [0.1, 0.15) is 5.58 Å². The molecule has 2 aliphatic heterocycles. The lowest BCUT2D eigenvalue weighted by molar-refractivity contribution is 0.174. The number of hydrogen-bond acceptors (Lipinski definition) is 8. The molecule has 3 aromatic rings. The zero-order valence-corrected chi connectivity index (χ0v) is 14.7. The molecule has 8 heteroatoms. The number of nitrogens with zero attached hydrogens (tertiary/aromatic N) is 2. The predicted molar refractivity (Wildman–Crippen MR) is 104 cm³/mol. The summed E-state index contributed by atoms with van der Waals surface area (Å²) in [5.74, 6) is 1.52. The maximum absolute atomic E-state index is 12.5. The number of para-hydroxylation sites is 1. The van der Waals surface area contributed by atoms with E-state index in [1.54, 1.807) is 12.1 Å². The number of benzene rings is 2. The summed E-state index contributed by atoms with van der Waals surface area (Å²) in [6, 6.07) is 14.4. The standard InChI is InChI=1S/C20H16N4O4/c21-20-22-14(11-5-6-17-18(8-11)27-10-26-17)9-15(23-24-20)13-7-12-3-1-2-4-16(12)28-19(13)25/h1-8,14H,9-10H2,(H3,21,22,24). The lowest BCUT2D eigenvalue weighted by Gasteiger charge is -2.13. The van der Waals surface area contributed by atoms with Crippen molar-refractivity contribution in [1.29, 1.82) is 0 Å². The van der Waals surface area contributed by atoms with Crippen LogP contribution in [0.3, 0.4) is 0 Å². The van der Waals surface area contributed by atoms with Gasteiger partial charge in [-0.2, -0.15) is 5.10 Å². The number of hydrazone groups is 1. The largest absolute Gasteiger partial charge is 0.454 e. The number of aliphatic imine (C=N–C) groups is 1. The van der Waals surface area contributed by atoms with Gasteiger partial charge in [-0.25, -0.2) is 15.2 Å². The number of nitrogens with one attached hydrogen (secondary N) is 1. The fourth-order valence-corrected chi connectivity index (χ4v) is 3.34. The van der Waals surface area contributed by atoms with Gasteiger partial charge < -0.3 is 19.6 Å². The summed E-state index contributed by atoms with van der Waals surface area (Å²) in [7, 11) is 0. The maximum Gasteiger partial charge on any atom is 0.345 e. The van der Waals surface area contributed by atoms with Crippen molar-refractivity contribution in [2.45, 2.75) is 12.5 Å². The Balaban J connectivity index is 1.55. The number of fused-ring (bicyclic) bond motifs is 2. The number of ether oxygens (including phenoxy) is 2. The highest BCUT2D eigenvalue weighted by Crippen LogP contribution is 2.36. The van der Waals surface area contributed by atoms with Crippen molar-refractivity contribution in [2.75, 3.05) is 6.79 Å². The van der Waals surface area contributed by atoms with Crippen LogP contribution in [0.15, 0.2) is 67.8 Å². The van der Waals surface area contributed by atoms with Crippen LogP contribution in [-0.2, 0) is 0 Å². The summed E-state index contributed by atoms with van der Waals surface area (Å²) in [6.45, 7) is 0.196. The first-order valence-electron chi connectivity index (χ1n) is 8.76. The summed E-state index contributed by atoms with van der Waals surface area (Å²) in [5, 5.41) is 5.10. The van der Waals surface area contributed by atoms with E-state index in [1.807, 2.05) is 36.4 Å². The first-order valence-corrected chi connectivity index (χ1v) is 8.76. The van der Waals surface area contributed by atoms with Crippen molar-refractivity contribution >= 4 is 22.6 Å². The molecule has 140 valence electrons. The first kappa shape index (κ1) is 16.4. The second-order valence-corrected chi connectivity index (χ2v) is 6.50. The van der Waals surface area contributed by atoms with E-state index in [4.69, 9.17) is 19.6 Å². The summed E-state index contributed by atoms with van der Waals surface area (Å²) in [5.41, 5.74) is 10.5. The van der Waals surface area contributed by atoms with Gasteiger partial charge in [-0.15, -0.1) is 0 Å². The lowest BCUT2D eigenvalue weighted by atomic mass is 9.97. The summed E-state index contributed by atoms with van der Waals surface area (Å²) in [4.78, 5) is 17.0. The van der Waals surface area contributed by atoms with E-state index >= 15 is 0 Å². The Kier molecular flexibility index (Phi) is 3.75. The first-order chi connectivity index (χ1) is 13.7. The lowest BCUT2D eigenvalue weighted by Crippen LogP contribution is -2.27. The van der Waals surface area contributed by atoms with Gasteiger partial charge in [-0.05, 0) is 29.8 Å². The molecule has 0 amide bonds. The minimum atomic E-state index is -0.454. The van der Waals surface area contributed by atoms with Crippen molar-refractivity contribution in [2.24, 2.45) is 15.8 Å². The van der Waals surface area contributed by atoms with Gasteiger partial charge in [0.2, 0.25) is 12.8 Å². The minimum absolute atomic E-state index is 0.169. The van der Waals surface area contributed by atoms with Crippen LogP contribution < -0.4 is 26.3 Å². The van der Waals surface area contributed by atoms with Gasteiger partial charge in [0.05, 0.1) is 17.3 Å². The molecule has 2 aromatic carbocycles. The fraction of sp³-hybridized carbons (Fsp3) is 0.150. The molecule has 2 aliphatic rings. The third-order valence-electron chi connectivity index (χ3n) is 4.72. The Hall–Kier alpha value is -3.81. The highest BCUT2D eigenvalue weighted by Gasteiger charge is 2.24. The number of hydrogen-bond donors (Lipinski definition) is 2. The highest BCUT2D eigenvalue weighted by atomic mass is 16.7. The topological polar surface area (TPSA) is 111 Å². The van der Waals surface area contributed by atoms with Crippen molar-refractivity contribution in [3.8, 4) is 11.5 Å². The van der Waals surface area contributed by atoms with Gasteiger partial charge >= 0.3 is 5.63 Å². The SMILES string of the molecule is NC1=NC(c2ccc3c(c2)OCO3)CC(c2cc3ccccc3oc2=O)=NN1. The molecule has 0 saturated heterocycles. The second kappa shape index (κ2) is 6.41. The molecule has 0 fully saturated rings. The molecule has 28 heavy (non-hydrogen) atoms. The third-order valence-corrected chi connectivity index (χ3v) is 4.72. The molecule has 8 nitrogen and oxygen atoms in total. The van der Waals surface area contributed by atoms with Crippen LogP contribution in [0.25, 0.3) is 11.0 Å². The van der Waals surface area contributed by atoms with E-state index < -0.39 is 5.63 Å². The molecule has 0 spiro atoms.